The number of amides is 2. The fourth-order valence-corrected chi connectivity index (χ4v) is 6.47. The van der Waals surface area contributed by atoms with Crippen molar-refractivity contribution in [3.8, 4) is 0 Å². The zero-order valence-electron chi connectivity index (χ0n) is 24.3. The van der Waals surface area contributed by atoms with Gasteiger partial charge in [-0.3, -0.25) is 13.9 Å². The van der Waals surface area contributed by atoms with Gasteiger partial charge in [0.05, 0.1) is 20.6 Å². The minimum atomic E-state index is -4.19. The van der Waals surface area contributed by atoms with Crippen LogP contribution < -0.4 is 9.62 Å². The van der Waals surface area contributed by atoms with Gasteiger partial charge in [-0.1, -0.05) is 72.4 Å². The molecular weight excluding hydrogens is 617 g/mol. The Morgan fingerprint density at radius 3 is 2.12 bits per heavy atom. The Morgan fingerprint density at radius 1 is 0.881 bits per heavy atom. The van der Waals surface area contributed by atoms with Gasteiger partial charge in [-0.25, -0.2) is 8.42 Å². The SMILES string of the molecule is CCC(C)NC(=O)C(CC)N(Cc1ccc(Cl)c(Cl)c1)C(=O)CN(c1ccc(Cl)cc1C)S(=O)(=O)c1ccc(C)cc1. The first kappa shape index (κ1) is 33.7. The summed E-state index contributed by atoms with van der Waals surface area (Å²) in [5.41, 5.74) is 2.41. The predicted molar refractivity (Wildman–Crippen MR) is 171 cm³/mol. The number of halogens is 3. The fraction of sp³-hybridized carbons (Fsp3) is 0.355. The summed E-state index contributed by atoms with van der Waals surface area (Å²) >= 11 is 18.6. The van der Waals surface area contributed by atoms with Crippen LogP contribution in [0.25, 0.3) is 0 Å². The van der Waals surface area contributed by atoms with Crippen LogP contribution >= 0.6 is 34.8 Å². The van der Waals surface area contributed by atoms with Crippen LogP contribution in [-0.2, 0) is 26.2 Å². The zero-order valence-corrected chi connectivity index (χ0v) is 27.4. The van der Waals surface area contributed by atoms with Gasteiger partial charge >= 0.3 is 0 Å². The van der Waals surface area contributed by atoms with Gasteiger partial charge in [0, 0.05) is 17.6 Å². The molecular formula is C31H36Cl3N3O4S. The molecule has 1 N–H and O–H groups in total. The first-order chi connectivity index (χ1) is 19.8. The average Bonchev–Trinajstić information content (AvgIpc) is 2.93. The molecule has 11 heteroatoms. The quantitative estimate of drug-likeness (QED) is 0.225. The minimum absolute atomic E-state index is 0.0141. The number of nitrogens with zero attached hydrogens (tertiary/aromatic N) is 2. The van der Waals surface area contributed by atoms with E-state index in [0.29, 0.717) is 44.7 Å². The first-order valence-electron chi connectivity index (χ1n) is 13.7. The smallest absolute Gasteiger partial charge is 0.264 e. The van der Waals surface area contributed by atoms with E-state index < -0.39 is 28.5 Å². The van der Waals surface area contributed by atoms with E-state index in [0.717, 1.165) is 9.87 Å². The maximum atomic E-state index is 14.2. The van der Waals surface area contributed by atoms with Crippen molar-refractivity contribution in [3.63, 3.8) is 0 Å². The highest BCUT2D eigenvalue weighted by atomic mass is 35.5. The van der Waals surface area contributed by atoms with Crippen LogP contribution in [-0.4, -0.2) is 43.8 Å². The van der Waals surface area contributed by atoms with Crippen molar-refractivity contribution in [2.75, 3.05) is 10.8 Å². The lowest BCUT2D eigenvalue weighted by molar-refractivity contribution is -0.140. The molecule has 0 aliphatic heterocycles. The minimum Gasteiger partial charge on any atom is -0.352 e. The van der Waals surface area contributed by atoms with E-state index in [1.807, 2.05) is 20.8 Å². The van der Waals surface area contributed by atoms with Crippen molar-refractivity contribution in [1.29, 1.82) is 0 Å². The lowest BCUT2D eigenvalue weighted by Crippen LogP contribution is -2.53. The van der Waals surface area contributed by atoms with Gasteiger partial charge < -0.3 is 10.2 Å². The Labute approximate surface area is 263 Å². The number of sulfonamides is 1. The van der Waals surface area contributed by atoms with E-state index in [4.69, 9.17) is 34.8 Å². The molecule has 0 aromatic heterocycles. The molecule has 0 saturated carbocycles. The number of hydrogen-bond donors (Lipinski definition) is 1. The summed E-state index contributed by atoms with van der Waals surface area (Å²) in [4.78, 5) is 29.0. The van der Waals surface area contributed by atoms with Crippen molar-refractivity contribution in [2.24, 2.45) is 0 Å². The average molecular weight is 653 g/mol. The maximum absolute atomic E-state index is 14.2. The van der Waals surface area contributed by atoms with E-state index >= 15 is 0 Å². The van der Waals surface area contributed by atoms with Gasteiger partial charge in [-0.15, -0.1) is 0 Å². The highest BCUT2D eigenvalue weighted by Gasteiger charge is 2.34. The maximum Gasteiger partial charge on any atom is 0.264 e. The van der Waals surface area contributed by atoms with Crippen molar-refractivity contribution in [3.05, 3.63) is 92.4 Å². The Kier molecular flexibility index (Phi) is 11.7. The van der Waals surface area contributed by atoms with Crippen LogP contribution in [0.2, 0.25) is 15.1 Å². The standard InChI is InChI=1S/C31H36Cl3N3O4S/c1-6-22(5)35-31(39)28(7-2)36(18-23-10-14-26(33)27(34)17-23)30(38)19-37(29-15-11-24(32)16-21(29)4)42(40,41)25-12-8-20(3)9-13-25/h8-17,22,28H,6-7,18-19H2,1-5H3,(H,35,39). The zero-order chi connectivity index (χ0) is 31.2. The summed E-state index contributed by atoms with van der Waals surface area (Å²) < 4.78 is 29.2. The molecule has 0 heterocycles. The van der Waals surface area contributed by atoms with Gasteiger partial charge in [0.2, 0.25) is 11.8 Å². The molecule has 0 spiro atoms. The van der Waals surface area contributed by atoms with E-state index in [-0.39, 0.29) is 23.4 Å². The van der Waals surface area contributed by atoms with E-state index in [2.05, 4.69) is 5.32 Å². The number of carbonyl (C=O) groups excluding carboxylic acids is 2. The van der Waals surface area contributed by atoms with E-state index in [1.165, 1.54) is 17.0 Å². The summed E-state index contributed by atoms with van der Waals surface area (Å²) in [6.07, 6.45) is 1.02. The van der Waals surface area contributed by atoms with Gasteiger partial charge in [0.15, 0.2) is 0 Å². The second-order valence-corrected chi connectivity index (χ2v) is 13.4. The molecule has 0 radical (unpaired) electrons. The van der Waals surface area contributed by atoms with E-state index in [9.17, 15) is 18.0 Å². The largest absolute Gasteiger partial charge is 0.352 e. The Morgan fingerprint density at radius 2 is 1.55 bits per heavy atom. The van der Waals surface area contributed by atoms with Crippen LogP contribution in [0.1, 0.15) is 50.3 Å². The Bertz CT molecular complexity index is 1530. The Hall–Kier alpha value is -2.78. The Balaban J connectivity index is 2.11. The predicted octanol–water partition coefficient (Wildman–Crippen LogP) is 7.18. The first-order valence-corrected chi connectivity index (χ1v) is 16.2. The van der Waals surface area contributed by atoms with Crippen molar-refractivity contribution in [1.82, 2.24) is 10.2 Å². The summed E-state index contributed by atoms with van der Waals surface area (Å²) in [5.74, 6) is -0.881. The number of rotatable bonds is 12. The van der Waals surface area contributed by atoms with Crippen molar-refractivity contribution < 1.29 is 18.0 Å². The van der Waals surface area contributed by atoms with E-state index in [1.54, 1.807) is 62.4 Å². The van der Waals surface area contributed by atoms with Gasteiger partial charge in [-0.05, 0) is 87.2 Å². The molecule has 0 aliphatic rings. The summed E-state index contributed by atoms with van der Waals surface area (Å²) in [6, 6.07) is 15.2. The van der Waals surface area contributed by atoms with Crippen LogP contribution in [0.5, 0.6) is 0 Å². The lowest BCUT2D eigenvalue weighted by atomic mass is 10.1. The molecule has 0 fully saturated rings. The molecule has 0 saturated heterocycles. The highest BCUT2D eigenvalue weighted by molar-refractivity contribution is 7.92. The number of carbonyl (C=O) groups is 2. The number of aryl methyl sites for hydroxylation is 2. The second-order valence-electron chi connectivity index (χ2n) is 10.3. The molecule has 3 rings (SSSR count). The third kappa shape index (κ3) is 8.19. The molecule has 3 aromatic rings. The summed E-state index contributed by atoms with van der Waals surface area (Å²) in [7, 11) is -4.19. The normalized spacial score (nSPS) is 12.9. The molecule has 42 heavy (non-hydrogen) atoms. The number of anilines is 1. The number of nitrogens with one attached hydrogen (secondary N) is 1. The molecule has 7 nitrogen and oxygen atoms in total. The molecule has 2 amide bonds. The van der Waals surface area contributed by atoms with Gasteiger partial charge in [0.25, 0.3) is 10.0 Å². The molecule has 2 unspecified atom stereocenters. The number of hydrogen-bond acceptors (Lipinski definition) is 4. The van der Waals surface area contributed by atoms with Crippen LogP contribution in [0.15, 0.2) is 65.6 Å². The third-order valence-corrected chi connectivity index (χ3v) is 9.79. The number of benzene rings is 3. The second kappa shape index (κ2) is 14.6. The third-order valence-electron chi connectivity index (χ3n) is 7.04. The highest BCUT2D eigenvalue weighted by Crippen LogP contribution is 2.30. The topological polar surface area (TPSA) is 86.8 Å². The lowest BCUT2D eigenvalue weighted by Gasteiger charge is -2.34. The van der Waals surface area contributed by atoms with Crippen LogP contribution in [0, 0.1) is 13.8 Å². The van der Waals surface area contributed by atoms with Crippen molar-refractivity contribution in [2.45, 2.75) is 71.0 Å². The van der Waals surface area contributed by atoms with Crippen LogP contribution in [0.3, 0.4) is 0 Å². The molecule has 0 aliphatic carbocycles. The molecule has 3 aromatic carbocycles. The summed E-state index contributed by atoms with van der Waals surface area (Å²) in [5, 5.41) is 4.05. The van der Waals surface area contributed by atoms with Crippen LogP contribution in [0.4, 0.5) is 5.69 Å². The molecule has 0 bridgehead atoms. The molecule has 226 valence electrons. The summed E-state index contributed by atoms with van der Waals surface area (Å²) in [6.45, 7) is 8.69. The van der Waals surface area contributed by atoms with Gasteiger partial charge in [-0.2, -0.15) is 0 Å². The van der Waals surface area contributed by atoms with Crippen molar-refractivity contribution >= 4 is 62.3 Å². The molecule has 2 atom stereocenters. The van der Waals surface area contributed by atoms with Gasteiger partial charge in [0.1, 0.15) is 12.6 Å². The monoisotopic (exact) mass is 651 g/mol. The fourth-order valence-electron chi connectivity index (χ4n) is 4.44.